The van der Waals surface area contributed by atoms with Crippen LogP contribution in [0.3, 0.4) is 0 Å². The van der Waals surface area contributed by atoms with Crippen molar-refractivity contribution in [2.45, 2.75) is 19.3 Å². The molecule has 1 fully saturated rings. The highest BCUT2D eigenvalue weighted by molar-refractivity contribution is 6.00. The summed E-state index contributed by atoms with van der Waals surface area (Å²) in [5, 5.41) is 6.07. The Bertz CT molecular complexity index is 1560. The number of rotatable bonds is 8. The number of halogens is 2. The zero-order chi connectivity index (χ0) is 28.2. The Morgan fingerprint density at radius 1 is 0.775 bits per heavy atom. The molecule has 0 spiro atoms. The summed E-state index contributed by atoms with van der Waals surface area (Å²) in [6, 6.07) is 14.6. The van der Waals surface area contributed by atoms with Crippen molar-refractivity contribution in [1.29, 1.82) is 0 Å². The third-order valence-electron chi connectivity index (χ3n) is 6.93. The molecule has 8 nitrogen and oxygen atoms in total. The Kier molecular flexibility index (Phi) is 7.77. The van der Waals surface area contributed by atoms with Gasteiger partial charge in [-0.2, -0.15) is 0 Å². The number of hydrogen-bond donors (Lipinski definition) is 2. The number of aromatic nitrogens is 1. The molecule has 40 heavy (non-hydrogen) atoms. The average molecular weight is 548 g/mol. The SMILES string of the molecule is COc1cc2nccc(Oc3ccc(NC(=O)[C@@H]4CCC[C@@H]4C(=O)Nc4ccc(F)cc4)cc3F)c2cc1OC. The molecule has 1 aromatic heterocycles. The number of benzene rings is 3. The molecular formula is C30H27F2N3O5. The van der Waals surface area contributed by atoms with Gasteiger partial charge in [-0.25, -0.2) is 8.78 Å². The van der Waals surface area contributed by atoms with Crippen LogP contribution in [0.5, 0.6) is 23.0 Å². The normalized spacial score (nSPS) is 16.4. The van der Waals surface area contributed by atoms with E-state index in [1.165, 1.54) is 56.7 Å². The van der Waals surface area contributed by atoms with Crippen molar-refractivity contribution in [1.82, 2.24) is 4.98 Å². The van der Waals surface area contributed by atoms with E-state index in [-0.39, 0.29) is 23.3 Å². The molecule has 0 aliphatic heterocycles. The number of hydrogen-bond acceptors (Lipinski definition) is 6. The highest BCUT2D eigenvalue weighted by atomic mass is 19.1. The lowest BCUT2D eigenvalue weighted by Crippen LogP contribution is -2.33. The molecule has 10 heteroatoms. The van der Waals surface area contributed by atoms with Crippen molar-refractivity contribution in [3.8, 4) is 23.0 Å². The second-order valence-corrected chi connectivity index (χ2v) is 9.41. The summed E-state index contributed by atoms with van der Waals surface area (Å²) in [5.74, 6) is -1.59. The first-order chi connectivity index (χ1) is 19.4. The number of carbonyl (C=O) groups excluding carboxylic acids is 2. The Balaban J connectivity index is 1.28. The lowest BCUT2D eigenvalue weighted by Gasteiger charge is -2.19. The summed E-state index contributed by atoms with van der Waals surface area (Å²) >= 11 is 0. The van der Waals surface area contributed by atoms with Gasteiger partial charge in [-0.1, -0.05) is 6.42 Å². The van der Waals surface area contributed by atoms with Gasteiger partial charge in [0.15, 0.2) is 23.1 Å². The summed E-state index contributed by atoms with van der Waals surface area (Å²) in [5.41, 5.74) is 1.27. The van der Waals surface area contributed by atoms with Crippen LogP contribution in [0.2, 0.25) is 0 Å². The van der Waals surface area contributed by atoms with Crippen LogP contribution in [0.4, 0.5) is 20.2 Å². The minimum atomic E-state index is -0.680. The van der Waals surface area contributed by atoms with Gasteiger partial charge in [-0.05, 0) is 61.4 Å². The molecule has 3 aromatic carbocycles. The molecule has 1 aliphatic carbocycles. The van der Waals surface area contributed by atoms with Crippen molar-refractivity contribution in [3.63, 3.8) is 0 Å². The second-order valence-electron chi connectivity index (χ2n) is 9.41. The van der Waals surface area contributed by atoms with E-state index >= 15 is 4.39 Å². The van der Waals surface area contributed by atoms with E-state index in [0.29, 0.717) is 53.1 Å². The van der Waals surface area contributed by atoms with Gasteiger partial charge in [0.05, 0.1) is 19.7 Å². The molecule has 1 aliphatic rings. The molecule has 0 unspecified atom stereocenters. The third-order valence-corrected chi connectivity index (χ3v) is 6.93. The van der Waals surface area contributed by atoms with Gasteiger partial charge in [-0.3, -0.25) is 14.6 Å². The van der Waals surface area contributed by atoms with Crippen LogP contribution in [0.25, 0.3) is 10.9 Å². The average Bonchev–Trinajstić information content (AvgIpc) is 3.46. The first kappa shape index (κ1) is 26.9. The van der Waals surface area contributed by atoms with E-state index in [1.54, 1.807) is 24.4 Å². The molecule has 1 saturated carbocycles. The number of ether oxygens (including phenoxy) is 3. The fourth-order valence-corrected chi connectivity index (χ4v) is 4.91. The van der Waals surface area contributed by atoms with Gasteiger partial charge in [0.2, 0.25) is 11.8 Å². The summed E-state index contributed by atoms with van der Waals surface area (Å²) in [4.78, 5) is 30.2. The highest BCUT2D eigenvalue weighted by Gasteiger charge is 2.38. The van der Waals surface area contributed by atoms with E-state index in [1.807, 2.05) is 0 Å². The van der Waals surface area contributed by atoms with Gasteiger partial charge < -0.3 is 24.8 Å². The maximum Gasteiger partial charge on any atom is 0.228 e. The number of amides is 2. The van der Waals surface area contributed by atoms with Gasteiger partial charge in [0.25, 0.3) is 0 Å². The van der Waals surface area contributed by atoms with Crippen molar-refractivity contribution < 1.29 is 32.6 Å². The van der Waals surface area contributed by atoms with Crippen LogP contribution in [-0.2, 0) is 9.59 Å². The lowest BCUT2D eigenvalue weighted by atomic mass is 9.94. The zero-order valence-electron chi connectivity index (χ0n) is 21.9. The number of anilines is 2. The fraction of sp³-hybridized carbons (Fsp3) is 0.233. The molecule has 0 bridgehead atoms. The monoisotopic (exact) mass is 547 g/mol. The number of pyridine rings is 1. The second kappa shape index (κ2) is 11.6. The summed E-state index contributed by atoms with van der Waals surface area (Å²) in [6.45, 7) is 0. The van der Waals surface area contributed by atoms with Crippen LogP contribution >= 0.6 is 0 Å². The van der Waals surface area contributed by atoms with E-state index in [9.17, 15) is 14.0 Å². The number of nitrogens with zero attached hydrogens (tertiary/aromatic N) is 1. The first-order valence-corrected chi connectivity index (χ1v) is 12.7. The number of methoxy groups -OCH3 is 2. The molecule has 5 rings (SSSR count). The topological polar surface area (TPSA) is 98.8 Å². The predicted octanol–water partition coefficient (Wildman–Crippen LogP) is 6.32. The number of fused-ring (bicyclic) bond motifs is 1. The zero-order valence-corrected chi connectivity index (χ0v) is 21.9. The van der Waals surface area contributed by atoms with Crippen LogP contribution < -0.4 is 24.8 Å². The standard InChI is InChI=1S/C30H27F2N3O5/c1-38-27-15-22-24(16-28(27)39-2)33-13-12-25(22)40-26-11-10-19(14-23(26)32)35-30(37)21-5-3-4-20(21)29(36)34-18-8-6-17(31)7-9-18/h6-16,20-21H,3-5H2,1-2H3,(H,34,36)(H,35,37)/t20-,21+/m0/s1. The maximum absolute atomic E-state index is 15.1. The molecule has 206 valence electrons. The Morgan fingerprint density at radius 3 is 2.05 bits per heavy atom. The Labute approximate surface area is 229 Å². The third kappa shape index (κ3) is 5.66. The minimum absolute atomic E-state index is 0.0438. The van der Waals surface area contributed by atoms with Crippen LogP contribution in [0, 0.1) is 23.5 Å². The van der Waals surface area contributed by atoms with Crippen LogP contribution in [0.1, 0.15) is 19.3 Å². The smallest absolute Gasteiger partial charge is 0.228 e. The van der Waals surface area contributed by atoms with Crippen LogP contribution in [-0.4, -0.2) is 31.0 Å². The molecule has 2 amide bonds. The fourth-order valence-electron chi connectivity index (χ4n) is 4.91. The predicted molar refractivity (Wildman–Crippen MR) is 146 cm³/mol. The van der Waals surface area contributed by atoms with Gasteiger partial charge in [0, 0.05) is 46.9 Å². The van der Waals surface area contributed by atoms with Crippen molar-refractivity contribution in [2.75, 3.05) is 24.9 Å². The molecule has 4 aromatic rings. The largest absolute Gasteiger partial charge is 0.493 e. The highest BCUT2D eigenvalue weighted by Crippen LogP contribution is 2.38. The summed E-state index contributed by atoms with van der Waals surface area (Å²) < 4.78 is 44.8. The molecule has 2 atom stereocenters. The van der Waals surface area contributed by atoms with Crippen molar-refractivity contribution in [2.24, 2.45) is 11.8 Å². The Morgan fingerprint density at radius 2 is 1.40 bits per heavy atom. The molecule has 0 radical (unpaired) electrons. The van der Waals surface area contributed by atoms with Crippen molar-refractivity contribution >= 4 is 34.1 Å². The van der Waals surface area contributed by atoms with Gasteiger partial charge in [0.1, 0.15) is 11.6 Å². The van der Waals surface area contributed by atoms with Gasteiger partial charge >= 0.3 is 0 Å². The molecule has 0 saturated heterocycles. The Hall–Kier alpha value is -4.73. The first-order valence-electron chi connectivity index (χ1n) is 12.7. The van der Waals surface area contributed by atoms with Crippen LogP contribution in [0.15, 0.2) is 66.9 Å². The van der Waals surface area contributed by atoms with E-state index in [2.05, 4.69) is 15.6 Å². The van der Waals surface area contributed by atoms with E-state index in [4.69, 9.17) is 14.2 Å². The minimum Gasteiger partial charge on any atom is -0.493 e. The lowest BCUT2D eigenvalue weighted by molar-refractivity contribution is -0.128. The number of carbonyl (C=O) groups is 2. The molecular weight excluding hydrogens is 520 g/mol. The quantitative estimate of drug-likeness (QED) is 0.268. The summed E-state index contributed by atoms with van der Waals surface area (Å²) in [6.07, 6.45) is 3.32. The van der Waals surface area contributed by atoms with Gasteiger partial charge in [-0.15, -0.1) is 0 Å². The molecule has 1 heterocycles. The number of nitrogens with one attached hydrogen (secondary N) is 2. The maximum atomic E-state index is 15.1. The molecule has 2 N–H and O–H groups in total. The van der Waals surface area contributed by atoms with Crippen molar-refractivity contribution in [3.05, 3.63) is 78.5 Å². The van der Waals surface area contributed by atoms with E-state index in [0.717, 1.165) is 0 Å². The van der Waals surface area contributed by atoms with E-state index < -0.39 is 23.5 Å². The summed E-state index contributed by atoms with van der Waals surface area (Å²) in [7, 11) is 3.04.